The second-order valence-electron chi connectivity index (χ2n) is 7.39. The minimum absolute atomic E-state index is 0.117. The molecule has 0 spiro atoms. The Bertz CT molecular complexity index is 837. The Morgan fingerprint density at radius 2 is 1.85 bits per heavy atom. The molecule has 4 N–H and O–H groups in total. The van der Waals surface area contributed by atoms with Gasteiger partial charge in [-0.3, -0.25) is 4.79 Å². The van der Waals surface area contributed by atoms with E-state index in [0.29, 0.717) is 11.4 Å². The van der Waals surface area contributed by atoms with Crippen LogP contribution in [0.3, 0.4) is 0 Å². The zero-order valence-corrected chi connectivity index (χ0v) is 16.1. The van der Waals surface area contributed by atoms with Crippen LogP contribution in [0.5, 0.6) is 0 Å². The lowest BCUT2D eigenvalue weighted by atomic mass is 9.71. The third-order valence-corrected chi connectivity index (χ3v) is 4.57. The number of nitrogens with one attached hydrogen (secondary N) is 2. The standard InChI is InChI=1S/C19H26N6O2/c1-13(16-11-22-25(24-16)15-9-7-6-8-10-15)21-12-19(14(2)26,18(3,4)5)23-17(20)27/h6-11,21H,1,12H2,2-5H3,(H3,20,23,27). The van der Waals surface area contributed by atoms with Gasteiger partial charge in [0.05, 0.1) is 17.6 Å². The summed E-state index contributed by atoms with van der Waals surface area (Å²) in [5, 5.41) is 14.3. The van der Waals surface area contributed by atoms with Crippen LogP contribution >= 0.6 is 0 Å². The average molecular weight is 370 g/mol. The summed E-state index contributed by atoms with van der Waals surface area (Å²) in [5.41, 5.74) is 5.38. The van der Waals surface area contributed by atoms with Crippen LogP contribution in [0, 0.1) is 5.41 Å². The minimum atomic E-state index is -1.20. The molecular formula is C19H26N6O2. The van der Waals surface area contributed by atoms with Crippen molar-refractivity contribution >= 4 is 17.5 Å². The van der Waals surface area contributed by atoms with Gasteiger partial charge in [0.1, 0.15) is 11.2 Å². The highest BCUT2D eigenvalue weighted by Crippen LogP contribution is 2.31. The number of benzene rings is 1. The molecule has 8 heteroatoms. The summed E-state index contributed by atoms with van der Waals surface area (Å²) in [6.07, 6.45) is 1.58. The van der Waals surface area contributed by atoms with Crippen molar-refractivity contribution in [3.63, 3.8) is 0 Å². The molecule has 0 saturated carbocycles. The smallest absolute Gasteiger partial charge is 0.313 e. The van der Waals surface area contributed by atoms with E-state index in [1.807, 2.05) is 51.1 Å². The van der Waals surface area contributed by atoms with Gasteiger partial charge in [0.2, 0.25) is 0 Å². The predicted octanol–water partition coefficient (Wildman–Crippen LogP) is 1.87. The Morgan fingerprint density at radius 3 is 2.37 bits per heavy atom. The summed E-state index contributed by atoms with van der Waals surface area (Å²) in [5.74, 6) is -0.206. The van der Waals surface area contributed by atoms with E-state index in [-0.39, 0.29) is 12.3 Å². The molecule has 0 aliphatic rings. The van der Waals surface area contributed by atoms with Gasteiger partial charge in [-0.25, -0.2) is 4.79 Å². The van der Waals surface area contributed by atoms with Gasteiger partial charge in [-0.05, 0) is 24.5 Å². The van der Waals surface area contributed by atoms with Crippen molar-refractivity contribution in [1.82, 2.24) is 25.6 Å². The van der Waals surface area contributed by atoms with Gasteiger partial charge in [-0.1, -0.05) is 45.5 Å². The molecule has 2 rings (SSSR count). The van der Waals surface area contributed by atoms with Gasteiger partial charge in [0.15, 0.2) is 5.78 Å². The molecule has 0 radical (unpaired) electrons. The SMILES string of the molecule is C=C(NCC(NC(N)=O)(C(C)=O)C(C)(C)C)c1cnn(-c2ccccc2)n1. The van der Waals surface area contributed by atoms with Crippen molar-refractivity contribution < 1.29 is 9.59 Å². The lowest BCUT2D eigenvalue weighted by molar-refractivity contribution is -0.126. The molecule has 8 nitrogen and oxygen atoms in total. The van der Waals surface area contributed by atoms with E-state index in [4.69, 9.17) is 5.73 Å². The predicted molar refractivity (Wildman–Crippen MR) is 104 cm³/mol. The second-order valence-corrected chi connectivity index (χ2v) is 7.39. The molecule has 0 saturated heterocycles. The van der Waals surface area contributed by atoms with Crippen molar-refractivity contribution in [2.45, 2.75) is 33.2 Å². The van der Waals surface area contributed by atoms with Crippen molar-refractivity contribution in [3.8, 4) is 5.69 Å². The molecule has 0 fully saturated rings. The first-order valence-electron chi connectivity index (χ1n) is 8.56. The molecule has 2 amide bonds. The molecule has 144 valence electrons. The summed E-state index contributed by atoms with van der Waals surface area (Å²) < 4.78 is 0. The maximum atomic E-state index is 12.4. The van der Waals surface area contributed by atoms with E-state index in [1.54, 1.807) is 6.20 Å². The quantitative estimate of drug-likeness (QED) is 0.688. The Hall–Kier alpha value is -3.16. The molecule has 0 aliphatic heterocycles. The van der Waals surface area contributed by atoms with Gasteiger partial charge in [-0.15, -0.1) is 5.10 Å². The lowest BCUT2D eigenvalue weighted by Crippen LogP contribution is -2.67. The summed E-state index contributed by atoms with van der Waals surface area (Å²) in [4.78, 5) is 25.4. The number of para-hydroxylation sites is 1. The fraction of sp³-hybridized carbons (Fsp3) is 0.368. The van der Waals surface area contributed by atoms with E-state index >= 15 is 0 Å². The number of carbonyl (C=O) groups is 2. The monoisotopic (exact) mass is 370 g/mol. The molecule has 2 aromatic rings. The number of ketones is 1. The molecular weight excluding hydrogens is 344 g/mol. The zero-order valence-electron chi connectivity index (χ0n) is 16.1. The Morgan fingerprint density at radius 1 is 1.22 bits per heavy atom. The number of primary amides is 1. The maximum Gasteiger partial charge on any atom is 0.313 e. The number of hydrogen-bond donors (Lipinski definition) is 3. The number of aromatic nitrogens is 3. The maximum absolute atomic E-state index is 12.4. The van der Waals surface area contributed by atoms with Crippen LogP contribution in [0.4, 0.5) is 4.79 Å². The number of carbonyl (C=O) groups excluding carboxylic acids is 2. The van der Waals surface area contributed by atoms with Crippen molar-refractivity contribution in [2.24, 2.45) is 11.1 Å². The van der Waals surface area contributed by atoms with E-state index < -0.39 is 17.0 Å². The number of urea groups is 1. The summed E-state index contributed by atoms with van der Waals surface area (Å²) >= 11 is 0. The van der Waals surface area contributed by atoms with Crippen LogP contribution in [0.15, 0.2) is 43.1 Å². The Labute approximate surface area is 158 Å². The highest BCUT2D eigenvalue weighted by molar-refractivity contribution is 5.92. The largest absolute Gasteiger partial charge is 0.381 e. The Balaban J connectivity index is 2.20. The van der Waals surface area contributed by atoms with Gasteiger partial charge < -0.3 is 16.4 Å². The van der Waals surface area contributed by atoms with Gasteiger partial charge in [0, 0.05) is 6.54 Å². The number of hydrogen-bond acceptors (Lipinski definition) is 5. The minimum Gasteiger partial charge on any atom is -0.381 e. The molecule has 1 heterocycles. The van der Waals surface area contributed by atoms with Crippen LogP contribution in [-0.4, -0.2) is 38.9 Å². The first-order chi connectivity index (χ1) is 12.6. The molecule has 1 atom stereocenters. The number of Topliss-reactive ketones (excluding diaryl/α,β-unsaturated/α-hetero) is 1. The van der Waals surface area contributed by atoms with Crippen molar-refractivity contribution in [3.05, 3.63) is 48.8 Å². The van der Waals surface area contributed by atoms with Gasteiger partial charge in [0.25, 0.3) is 0 Å². The summed E-state index contributed by atoms with van der Waals surface area (Å²) in [6.45, 7) is 11.1. The first kappa shape index (κ1) is 20.2. The van der Waals surface area contributed by atoms with E-state index in [2.05, 4.69) is 27.4 Å². The number of amides is 2. The lowest BCUT2D eigenvalue weighted by Gasteiger charge is -2.43. The summed E-state index contributed by atoms with van der Waals surface area (Å²) in [6, 6.07) is 8.71. The first-order valence-corrected chi connectivity index (χ1v) is 8.56. The van der Waals surface area contributed by atoms with E-state index in [9.17, 15) is 9.59 Å². The fourth-order valence-electron chi connectivity index (χ4n) is 2.86. The third kappa shape index (κ3) is 4.33. The molecule has 1 unspecified atom stereocenters. The van der Waals surface area contributed by atoms with E-state index in [1.165, 1.54) is 11.7 Å². The van der Waals surface area contributed by atoms with E-state index in [0.717, 1.165) is 5.69 Å². The average Bonchev–Trinajstić information content (AvgIpc) is 3.07. The number of rotatable bonds is 7. The van der Waals surface area contributed by atoms with Gasteiger partial charge in [-0.2, -0.15) is 9.90 Å². The Kier molecular flexibility index (Phi) is 5.68. The molecule has 1 aromatic carbocycles. The normalized spacial score (nSPS) is 13.5. The molecule has 0 bridgehead atoms. The van der Waals surface area contributed by atoms with Crippen molar-refractivity contribution in [2.75, 3.05) is 6.54 Å². The third-order valence-electron chi connectivity index (χ3n) is 4.57. The number of nitrogens with zero attached hydrogens (tertiary/aromatic N) is 3. The molecule has 1 aromatic heterocycles. The van der Waals surface area contributed by atoms with Crippen LogP contribution in [0.25, 0.3) is 11.4 Å². The van der Waals surface area contributed by atoms with Crippen LogP contribution in [0.1, 0.15) is 33.4 Å². The van der Waals surface area contributed by atoms with Crippen LogP contribution in [0.2, 0.25) is 0 Å². The zero-order chi connectivity index (χ0) is 20.2. The molecule has 0 aliphatic carbocycles. The number of nitrogens with two attached hydrogens (primary N) is 1. The fourth-order valence-corrected chi connectivity index (χ4v) is 2.86. The summed E-state index contributed by atoms with van der Waals surface area (Å²) in [7, 11) is 0. The highest BCUT2D eigenvalue weighted by Gasteiger charge is 2.47. The van der Waals surface area contributed by atoms with Crippen LogP contribution in [-0.2, 0) is 4.79 Å². The van der Waals surface area contributed by atoms with Crippen molar-refractivity contribution in [1.29, 1.82) is 0 Å². The molecule has 27 heavy (non-hydrogen) atoms. The highest BCUT2D eigenvalue weighted by atomic mass is 16.2. The topological polar surface area (TPSA) is 115 Å². The van der Waals surface area contributed by atoms with Crippen LogP contribution < -0.4 is 16.4 Å². The second kappa shape index (κ2) is 7.61. The van der Waals surface area contributed by atoms with Gasteiger partial charge >= 0.3 is 6.03 Å².